The van der Waals surface area contributed by atoms with Gasteiger partial charge in [-0.1, -0.05) is 41.9 Å². The maximum atomic E-state index is 13.2. The average Bonchev–Trinajstić information content (AvgIpc) is 3.21. The molecule has 1 amide bonds. The highest BCUT2D eigenvalue weighted by atomic mass is 35.5. The van der Waals surface area contributed by atoms with Gasteiger partial charge in [0.05, 0.1) is 17.2 Å². The maximum Gasteiger partial charge on any atom is 0.229 e. The summed E-state index contributed by atoms with van der Waals surface area (Å²) in [5.74, 6) is 1.41. The Morgan fingerprint density at radius 2 is 1.91 bits per heavy atom. The highest BCUT2D eigenvalue weighted by Gasteiger charge is 2.27. The van der Waals surface area contributed by atoms with Crippen LogP contribution in [0.25, 0.3) is 11.0 Å². The minimum atomic E-state index is -0.0610. The first kappa shape index (κ1) is 22.3. The van der Waals surface area contributed by atoms with Gasteiger partial charge in [0.1, 0.15) is 5.82 Å². The Kier molecular flexibility index (Phi) is 6.72. The second kappa shape index (κ2) is 10.2. The molecule has 0 spiro atoms. The van der Waals surface area contributed by atoms with Crippen LogP contribution in [0.1, 0.15) is 24.8 Å². The lowest BCUT2D eigenvalue weighted by atomic mass is 9.96. The molecule has 34 heavy (non-hydrogen) atoms. The average molecular weight is 475 g/mol. The van der Waals surface area contributed by atoms with Crippen molar-refractivity contribution in [2.24, 2.45) is 5.92 Å². The van der Waals surface area contributed by atoms with E-state index in [1.54, 1.807) is 18.6 Å². The van der Waals surface area contributed by atoms with Gasteiger partial charge in [0.2, 0.25) is 11.9 Å². The molecule has 3 heterocycles. The highest BCUT2D eigenvalue weighted by Crippen LogP contribution is 2.26. The number of nitrogens with one attached hydrogen (secondary N) is 1. The van der Waals surface area contributed by atoms with Crippen LogP contribution in [0.4, 0.5) is 11.8 Å². The number of anilines is 2. The third-order valence-electron chi connectivity index (χ3n) is 6.37. The Bertz CT molecular complexity index is 1250. The molecule has 5 rings (SSSR count). The molecule has 7 nitrogen and oxygen atoms in total. The summed E-state index contributed by atoms with van der Waals surface area (Å²) in [6.07, 6.45) is 8.57. The SMILES string of the molecule is O=C(Nc1nc2cc(Cl)ccc2n1CCCc1ccccc1)C1CCN(c2cnccn2)CC1. The van der Waals surface area contributed by atoms with Crippen molar-refractivity contribution >= 4 is 40.3 Å². The molecule has 1 N–H and O–H groups in total. The van der Waals surface area contributed by atoms with E-state index >= 15 is 0 Å². The molecule has 2 aromatic heterocycles. The van der Waals surface area contributed by atoms with Gasteiger partial charge in [0.15, 0.2) is 0 Å². The number of fused-ring (bicyclic) bond motifs is 1. The molecule has 1 fully saturated rings. The number of carbonyl (C=O) groups excluding carboxylic acids is 1. The standard InChI is InChI=1S/C26H27ClN6O/c27-21-8-9-23-22(17-21)30-26(33(23)14-4-7-19-5-2-1-3-6-19)31-25(34)20-10-15-32(16-11-20)24-18-28-12-13-29-24/h1-3,5-6,8-9,12-13,17-18,20H,4,7,10-11,14-16H2,(H,30,31,34). The van der Waals surface area contributed by atoms with E-state index < -0.39 is 0 Å². The summed E-state index contributed by atoms with van der Waals surface area (Å²) in [5, 5.41) is 3.75. The number of hydrogen-bond acceptors (Lipinski definition) is 5. The fraction of sp³-hybridized carbons (Fsp3) is 0.308. The fourth-order valence-electron chi connectivity index (χ4n) is 4.55. The van der Waals surface area contributed by atoms with Crippen LogP contribution in [0.15, 0.2) is 67.1 Å². The van der Waals surface area contributed by atoms with Crippen molar-refractivity contribution in [2.75, 3.05) is 23.3 Å². The van der Waals surface area contributed by atoms with Gasteiger partial charge < -0.3 is 9.47 Å². The molecule has 0 aliphatic carbocycles. The maximum absolute atomic E-state index is 13.2. The first-order valence-corrected chi connectivity index (χ1v) is 12.1. The first-order valence-electron chi connectivity index (χ1n) is 11.7. The zero-order chi connectivity index (χ0) is 23.3. The van der Waals surface area contributed by atoms with E-state index in [2.05, 4.69) is 49.0 Å². The Balaban J connectivity index is 1.27. The Morgan fingerprint density at radius 1 is 1.09 bits per heavy atom. The molecule has 0 unspecified atom stereocenters. The molecule has 2 aromatic carbocycles. The van der Waals surface area contributed by atoms with Gasteiger partial charge in [-0.15, -0.1) is 0 Å². The largest absolute Gasteiger partial charge is 0.355 e. The van der Waals surface area contributed by atoms with Crippen LogP contribution in [-0.4, -0.2) is 38.5 Å². The van der Waals surface area contributed by atoms with Gasteiger partial charge in [-0.3, -0.25) is 15.1 Å². The zero-order valence-electron chi connectivity index (χ0n) is 18.9. The fourth-order valence-corrected chi connectivity index (χ4v) is 4.71. The third kappa shape index (κ3) is 5.04. The minimum Gasteiger partial charge on any atom is -0.355 e. The number of hydrogen-bond donors (Lipinski definition) is 1. The van der Waals surface area contributed by atoms with Crippen molar-refractivity contribution in [2.45, 2.75) is 32.2 Å². The van der Waals surface area contributed by atoms with Crippen LogP contribution in [0.3, 0.4) is 0 Å². The van der Waals surface area contributed by atoms with Crippen molar-refractivity contribution in [3.63, 3.8) is 0 Å². The van der Waals surface area contributed by atoms with Crippen molar-refractivity contribution in [1.29, 1.82) is 0 Å². The monoisotopic (exact) mass is 474 g/mol. The lowest BCUT2D eigenvalue weighted by Gasteiger charge is -2.31. The molecule has 0 saturated carbocycles. The van der Waals surface area contributed by atoms with Gasteiger partial charge in [-0.05, 0) is 49.4 Å². The Hall–Kier alpha value is -3.45. The van der Waals surface area contributed by atoms with Crippen LogP contribution < -0.4 is 10.2 Å². The first-order chi connectivity index (χ1) is 16.7. The molecule has 1 aliphatic rings. The van der Waals surface area contributed by atoms with Gasteiger partial charge in [-0.2, -0.15) is 0 Å². The molecule has 4 aromatic rings. The number of halogens is 1. The van der Waals surface area contributed by atoms with Gasteiger partial charge >= 0.3 is 0 Å². The number of aromatic nitrogens is 4. The predicted molar refractivity (Wildman–Crippen MR) is 135 cm³/mol. The summed E-state index contributed by atoms with van der Waals surface area (Å²) in [6.45, 7) is 2.31. The van der Waals surface area contributed by atoms with E-state index in [9.17, 15) is 4.79 Å². The number of carbonyl (C=O) groups is 1. The quantitative estimate of drug-likeness (QED) is 0.409. The van der Waals surface area contributed by atoms with Crippen molar-refractivity contribution < 1.29 is 4.79 Å². The summed E-state index contributed by atoms with van der Waals surface area (Å²) in [6, 6.07) is 16.1. The Labute approximate surface area is 203 Å². The molecule has 1 saturated heterocycles. The molecular formula is C26H27ClN6O. The van der Waals surface area contributed by atoms with Crippen LogP contribution in [0.5, 0.6) is 0 Å². The van der Waals surface area contributed by atoms with Crippen LogP contribution in [-0.2, 0) is 17.8 Å². The Morgan fingerprint density at radius 3 is 2.68 bits per heavy atom. The number of imidazole rings is 1. The number of nitrogens with zero attached hydrogens (tertiary/aromatic N) is 5. The predicted octanol–water partition coefficient (Wildman–Crippen LogP) is 4.97. The van der Waals surface area contributed by atoms with Crippen LogP contribution in [0.2, 0.25) is 5.02 Å². The number of aryl methyl sites for hydroxylation is 2. The number of benzene rings is 2. The van der Waals surface area contributed by atoms with Crippen molar-refractivity contribution in [1.82, 2.24) is 19.5 Å². The molecule has 8 heteroatoms. The van der Waals surface area contributed by atoms with E-state index in [4.69, 9.17) is 16.6 Å². The normalized spacial score (nSPS) is 14.4. The lowest BCUT2D eigenvalue weighted by molar-refractivity contribution is -0.120. The highest BCUT2D eigenvalue weighted by molar-refractivity contribution is 6.31. The smallest absolute Gasteiger partial charge is 0.229 e. The summed E-state index contributed by atoms with van der Waals surface area (Å²) in [7, 11) is 0. The summed E-state index contributed by atoms with van der Waals surface area (Å²) in [5.41, 5.74) is 3.07. The zero-order valence-corrected chi connectivity index (χ0v) is 19.7. The number of piperidine rings is 1. The topological polar surface area (TPSA) is 75.9 Å². The molecule has 174 valence electrons. The van der Waals surface area contributed by atoms with Crippen LogP contribution in [0, 0.1) is 5.92 Å². The lowest BCUT2D eigenvalue weighted by Crippen LogP contribution is -2.38. The summed E-state index contributed by atoms with van der Waals surface area (Å²) in [4.78, 5) is 28.6. The summed E-state index contributed by atoms with van der Waals surface area (Å²) >= 11 is 6.21. The van der Waals surface area contributed by atoms with E-state index in [1.807, 2.05) is 24.3 Å². The third-order valence-corrected chi connectivity index (χ3v) is 6.61. The molecule has 0 atom stereocenters. The van der Waals surface area contributed by atoms with E-state index in [1.165, 1.54) is 5.56 Å². The van der Waals surface area contributed by atoms with E-state index in [0.29, 0.717) is 11.0 Å². The van der Waals surface area contributed by atoms with E-state index in [-0.39, 0.29) is 11.8 Å². The second-order valence-electron chi connectivity index (χ2n) is 8.62. The molecule has 0 radical (unpaired) electrons. The number of rotatable bonds is 7. The number of amides is 1. The molecule has 1 aliphatic heterocycles. The van der Waals surface area contributed by atoms with Crippen LogP contribution >= 0.6 is 11.6 Å². The molecular weight excluding hydrogens is 448 g/mol. The van der Waals surface area contributed by atoms with Crippen molar-refractivity contribution in [3.8, 4) is 0 Å². The minimum absolute atomic E-state index is 0.0181. The summed E-state index contributed by atoms with van der Waals surface area (Å²) < 4.78 is 2.10. The van der Waals surface area contributed by atoms with Gasteiger partial charge in [-0.25, -0.2) is 9.97 Å². The van der Waals surface area contributed by atoms with Crippen molar-refractivity contribution in [3.05, 3.63) is 77.7 Å². The van der Waals surface area contributed by atoms with Gasteiger partial charge in [0.25, 0.3) is 0 Å². The second-order valence-corrected chi connectivity index (χ2v) is 9.06. The van der Waals surface area contributed by atoms with E-state index in [0.717, 1.165) is 62.2 Å². The molecule has 0 bridgehead atoms. The van der Waals surface area contributed by atoms with Gasteiger partial charge in [0, 0.05) is 43.0 Å².